The zero-order chi connectivity index (χ0) is 18.8. The Morgan fingerprint density at radius 1 is 1.19 bits per heavy atom. The minimum atomic E-state index is -2.68. The molecule has 0 fully saturated rings. The first-order valence-corrected chi connectivity index (χ1v) is 9.41. The van der Waals surface area contributed by atoms with Crippen LogP contribution in [0.4, 0.5) is 17.1 Å². The second-order valence-electron chi connectivity index (χ2n) is 5.60. The van der Waals surface area contributed by atoms with Gasteiger partial charge in [0, 0.05) is 10.6 Å². The Bertz CT molecular complexity index is 983. The van der Waals surface area contributed by atoms with Crippen LogP contribution < -0.4 is 10.0 Å². The van der Waals surface area contributed by atoms with Crippen LogP contribution in [-0.4, -0.2) is 19.8 Å². The largest absolute Gasteiger partial charge is 0.755 e. The SMILES string of the molecule is Cc1cccc(N(c2cc(-c3ccc(N)cc3)sc2C(=O)O)S(=O)[O-])c1. The molecule has 3 aromatic rings. The van der Waals surface area contributed by atoms with Crippen LogP contribution in [0.2, 0.25) is 0 Å². The normalized spacial score (nSPS) is 11.9. The zero-order valence-corrected chi connectivity index (χ0v) is 15.3. The van der Waals surface area contributed by atoms with E-state index in [2.05, 4.69) is 0 Å². The van der Waals surface area contributed by atoms with E-state index in [0.29, 0.717) is 16.3 Å². The van der Waals surface area contributed by atoms with E-state index >= 15 is 0 Å². The molecule has 2 aromatic carbocycles. The van der Waals surface area contributed by atoms with Gasteiger partial charge in [0.2, 0.25) is 0 Å². The fourth-order valence-corrected chi connectivity index (χ4v) is 4.17. The number of hydrogen-bond donors (Lipinski definition) is 2. The van der Waals surface area contributed by atoms with Gasteiger partial charge in [0.25, 0.3) is 0 Å². The van der Waals surface area contributed by atoms with Gasteiger partial charge in [-0.15, -0.1) is 11.3 Å². The zero-order valence-electron chi connectivity index (χ0n) is 13.7. The molecule has 0 saturated heterocycles. The highest BCUT2D eigenvalue weighted by atomic mass is 32.2. The third kappa shape index (κ3) is 3.62. The van der Waals surface area contributed by atoms with Crippen molar-refractivity contribution < 1.29 is 18.7 Å². The van der Waals surface area contributed by atoms with Gasteiger partial charge in [-0.3, -0.25) is 8.51 Å². The Balaban J connectivity index is 2.16. The van der Waals surface area contributed by atoms with Crippen molar-refractivity contribution in [3.63, 3.8) is 0 Å². The smallest absolute Gasteiger partial charge is 0.348 e. The number of carboxylic acids is 1. The summed E-state index contributed by atoms with van der Waals surface area (Å²) in [6.07, 6.45) is 0. The first-order chi connectivity index (χ1) is 12.4. The van der Waals surface area contributed by atoms with Crippen LogP contribution in [0.1, 0.15) is 15.2 Å². The van der Waals surface area contributed by atoms with Crippen molar-refractivity contribution in [3.05, 3.63) is 65.0 Å². The second kappa shape index (κ2) is 7.28. The molecule has 1 unspecified atom stereocenters. The van der Waals surface area contributed by atoms with Crippen LogP contribution in [0.3, 0.4) is 0 Å². The molecule has 0 aliphatic carbocycles. The number of benzene rings is 2. The van der Waals surface area contributed by atoms with E-state index in [4.69, 9.17) is 5.73 Å². The third-order valence-electron chi connectivity index (χ3n) is 3.71. The van der Waals surface area contributed by atoms with Gasteiger partial charge < -0.3 is 15.4 Å². The van der Waals surface area contributed by atoms with Crippen LogP contribution in [0.15, 0.2) is 54.6 Å². The molecular weight excluding hydrogens is 372 g/mol. The van der Waals surface area contributed by atoms with Crippen molar-refractivity contribution >= 4 is 45.6 Å². The topological polar surface area (TPSA) is 107 Å². The monoisotopic (exact) mass is 387 g/mol. The highest BCUT2D eigenvalue weighted by molar-refractivity contribution is 7.81. The summed E-state index contributed by atoms with van der Waals surface area (Å²) >= 11 is -1.66. The van der Waals surface area contributed by atoms with E-state index in [9.17, 15) is 18.7 Å². The summed E-state index contributed by atoms with van der Waals surface area (Å²) in [5.41, 5.74) is 8.38. The van der Waals surface area contributed by atoms with Crippen molar-refractivity contribution in [1.82, 2.24) is 0 Å². The summed E-state index contributed by atoms with van der Waals surface area (Å²) in [7, 11) is 0. The summed E-state index contributed by atoms with van der Waals surface area (Å²) in [5, 5.41) is 9.56. The fraction of sp³-hybridized carbons (Fsp3) is 0.0556. The molecule has 134 valence electrons. The molecule has 3 N–H and O–H groups in total. The van der Waals surface area contributed by atoms with Gasteiger partial charge in [0.05, 0.1) is 22.6 Å². The number of nitrogen functional groups attached to an aromatic ring is 1. The number of hydrogen-bond acceptors (Lipinski definition) is 5. The number of nitrogens with zero attached hydrogens (tertiary/aromatic N) is 1. The lowest BCUT2D eigenvalue weighted by Gasteiger charge is -2.26. The van der Waals surface area contributed by atoms with E-state index in [-0.39, 0.29) is 10.6 Å². The first-order valence-electron chi connectivity index (χ1n) is 7.56. The molecular formula is C18H15N2O4S2-. The highest BCUT2D eigenvalue weighted by Crippen LogP contribution is 2.40. The average molecular weight is 387 g/mol. The Hall–Kier alpha value is -2.68. The van der Waals surface area contributed by atoms with Gasteiger partial charge in [-0.25, -0.2) is 4.79 Å². The average Bonchev–Trinajstić information content (AvgIpc) is 3.00. The number of nitrogens with two attached hydrogens (primary N) is 1. The lowest BCUT2D eigenvalue weighted by atomic mass is 10.1. The van der Waals surface area contributed by atoms with Gasteiger partial charge in [-0.05, 0) is 48.4 Å². The van der Waals surface area contributed by atoms with Gasteiger partial charge in [0.1, 0.15) is 4.88 Å². The molecule has 1 aromatic heterocycles. The van der Waals surface area contributed by atoms with Crippen molar-refractivity contribution in [2.75, 3.05) is 10.0 Å². The van der Waals surface area contributed by atoms with Gasteiger partial charge in [-0.1, -0.05) is 24.3 Å². The van der Waals surface area contributed by atoms with Gasteiger partial charge >= 0.3 is 5.97 Å². The van der Waals surface area contributed by atoms with Crippen molar-refractivity contribution in [2.45, 2.75) is 6.92 Å². The van der Waals surface area contributed by atoms with Crippen molar-refractivity contribution in [3.8, 4) is 10.4 Å². The lowest BCUT2D eigenvalue weighted by molar-refractivity contribution is 0.0703. The minimum Gasteiger partial charge on any atom is -0.755 e. The van der Waals surface area contributed by atoms with Crippen LogP contribution in [0, 0.1) is 6.92 Å². The van der Waals surface area contributed by atoms with E-state index in [1.165, 1.54) is 0 Å². The molecule has 6 nitrogen and oxygen atoms in total. The predicted molar refractivity (Wildman–Crippen MR) is 103 cm³/mol. The molecule has 3 rings (SSSR count). The maximum atomic E-state index is 11.9. The Morgan fingerprint density at radius 3 is 2.46 bits per heavy atom. The maximum absolute atomic E-state index is 11.9. The molecule has 0 spiro atoms. The Kier molecular flexibility index (Phi) is 5.08. The number of aryl methyl sites for hydroxylation is 1. The van der Waals surface area contributed by atoms with E-state index in [1.54, 1.807) is 48.5 Å². The summed E-state index contributed by atoms with van der Waals surface area (Å²) in [6.45, 7) is 1.83. The van der Waals surface area contributed by atoms with E-state index in [1.807, 2.05) is 13.0 Å². The van der Waals surface area contributed by atoms with Crippen LogP contribution in [0.25, 0.3) is 10.4 Å². The van der Waals surface area contributed by atoms with Crippen molar-refractivity contribution in [2.24, 2.45) is 0 Å². The van der Waals surface area contributed by atoms with Gasteiger partial charge in [0.15, 0.2) is 0 Å². The fourth-order valence-electron chi connectivity index (χ4n) is 2.53. The second-order valence-corrected chi connectivity index (χ2v) is 7.45. The highest BCUT2D eigenvalue weighted by Gasteiger charge is 2.23. The van der Waals surface area contributed by atoms with E-state index < -0.39 is 17.2 Å². The summed E-state index contributed by atoms with van der Waals surface area (Å²) in [4.78, 5) is 12.3. The molecule has 0 aliphatic rings. The van der Waals surface area contributed by atoms with Gasteiger partial charge in [-0.2, -0.15) is 0 Å². The number of carboxylic acid groups (broad SMARTS) is 1. The molecule has 1 heterocycles. The summed E-state index contributed by atoms with van der Waals surface area (Å²) in [5.74, 6) is -1.19. The quantitative estimate of drug-likeness (QED) is 0.509. The van der Waals surface area contributed by atoms with Crippen molar-refractivity contribution in [1.29, 1.82) is 0 Å². The summed E-state index contributed by atoms with van der Waals surface area (Å²) < 4.78 is 24.8. The number of aromatic carboxylic acids is 1. The molecule has 0 aliphatic heterocycles. The molecule has 0 amide bonds. The Morgan fingerprint density at radius 2 is 1.88 bits per heavy atom. The predicted octanol–water partition coefficient (Wildman–Crippen LogP) is 3.94. The number of anilines is 3. The van der Waals surface area contributed by atoms with Crippen LogP contribution in [-0.2, 0) is 11.3 Å². The summed E-state index contributed by atoms with van der Waals surface area (Å²) in [6, 6.07) is 15.4. The molecule has 0 radical (unpaired) electrons. The molecule has 0 bridgehead atoms. The van der Waals surface area contributed by atoms with E-state index in [0.717, 1.165) is 26.8 Å². The molecule has 0 saturated carbocycles. The third-order valence-corrected chi connectivity index (χ3v) is 5.57. The molecule has 26 heavy (non-hydrogen) atoms. The Labute approximate surface area is 156 Å². The standard InChI is InChI=1S/C18H16N2O4S2/c1-11-3-2-4-14(9-11)20(26(23)24)15-10-16(25-17(15)18(21)22)12-5-7-13(19)8-6-12/h2-10H,19H2,1H3,(H,21,22)(H,23,24)/p-1. The molecule has 8 heteroatoms. The first kappa shape index (κ1) is 18.1. The van der Waals surface area contributed by atoms with Crippen LogP contribution in [0.5, 0.6) is 0 Å². The lowest BCUT2D eigenvalue weighted by Crippen LogP contribution is -2.20. The number of carbonyl (C=O) groups is 1. The van der Waals surface area contributed by atoms with Crippen LogP contribution >= 0.6 is 11.3 Å². The number of rotatable bonds is 5. The minimum absolute atomic E-state index is 0.0532. The molecule has 1 atom stereocenters. The number of thiophene rings is 1. The maximum Gasteiger partial charge on any atom is 0.348 e.